The molecule has 0 unspecified atom stereocenters. The SMILES string of the molecule is O=C1O[C@H]([C@@H](O)CO)C(O)=C1OP(=O)([O-])[O-]. The molecule has 10 heteroatoms. The minimum absolute atomic E-state index is 0.846. The van der Waals surface area contributed by atoms with Crippen LogP contribution in [0, 0.1) is 0 Å². The molecule has 0 saturated carbocycles. The van der Waals surface area contributed by atoms with Gasteiger partial charge in [-0.1, -0.05) is 0 Å². The van der Waals surface area contributed by atoms with E-state index in [1.165, 1.54) is 0 Å². The van der Waals surface area contributed by atoms with Crippen LogP contribution in [0.4, 0.5) is 0 Å². The molecule has 1 aliphatic rings. The molecule has 0 aromatic rings. The van der Waals surface area contributed by atoms with E-state index in [0.29, 0.717) is 0 Å². The number of phosphoric acid groups is 1. The second-order valence-electron chi connectivity index (χ2n) is 2.83. The molecule has 0 aliphatic carbocycles. The van der Waals surface area contributed by atoms with E-state index in [1.807, 2.05) is 0 Å². The summed E-state index contributed by atoms with van der Waals surface area (Å²) >= 11 is 0. The Bertz CT molecular complexity index is 368. The van der Waals surface area contributed by atoms with Gasteiger partial charge in [0, 0.05) is 0 Å². The number of hydrogen-bond acceptors (Lipinski definition) is 9. The first-order valence-corrected chi connectivity index (χ1v) is 5.37. The van der Waals surface area contributed by atoms with Gasteiger partial charge in [0.1, 0.15) is 13.9 Å². The lowest BCUT2D eigenvalue weighted by molar-refractivity contribution is -0.338. The quantitative estimate of drug-likeness (QED) is 0.348. The maximum absolute atomic E-state index is 10.9. The number of aliphatic hydroxyl groups excluding tert-OH is 3. The van der Waals surface area contributed by atoms with E-state index in [4.69, 9.17) is 10.2 Å². The molecule has 1 rings (SSSR count). The Balaban J connectivity index is 2.94. The van der Waals surface area contributed by atoms with Crippen molar-refractivity contribution < 1.29 is 43.7 Å². The van der Waals surface area contributed by atoms with Gasteiger partial charge in [-0.3, -0.25) is 0 Å². The van der Waals surface area contributed by atoms with E-state index in [2.05, 4.69) is 9.26 Å². The van der Waals surface area contributed by atoms with Crippen LogP contribution in [0.5, 0.6) is 0 Å². The molecule has 0 aromatic carbocycles. The van der Waals surface area contributed by atoms with Gasteiger partial charge in [0.2, 0.25) is 0 Å². The molecule has 0 aromatic heterocycles. The van der Waals surface area contributed by atoms with E-state index in [-0.39, 0.29) is 0 Å². The largest absolute Gasteiger partial charge is 0.780 e. The number of ether oxygens (including phenoxy) is 1. The van der Waals surface area contributed by atoms with Gasteiger partial charge in [-0.15, -0.1) is 0 Å². The topological polar surface area (TPSA) is 159 Å². The van der Waals surface area contributed by atoms with Gasteiger partial charge < -0.3 is 38.9 Å². The summed E-state index contributed by atoms with van der Waals surface area (Å²) in [7, 11) is -5.52. The number of carbonyl (C=O) groups excluding carboxylic acids is 1. The number of rotatable bonds is 4. The Hall–Kier alpha value is -1.12. The number of phosphoric ester groups is 1. The highest BCUT2D eigenvalue weighted by atomic mass is 31.2. The highest BCUT2D eigenvalue weighted by molar-refractivity contribution is 7.43. The molecule has 0 amide bonds. The average molecular weight is 254 g/mol. The van der Waals surface area contributed by atoms with Crippen LogP contribution in [0.1, 0.15) is 0 Å². The summed E-state index contributed by atoms with van der Waals surface area (Å²) in [6.45, 7) is -0.846. The summed E-state index contributed by atoms with van der Waals surface area (Å²) in [6, 6.07) is 0. The number of hydrogen-bond donors (Lipinski definition) is 3. The number of cyclic esters (lactones) is 1. The minimum atomic E-state index is -5.52. The first-order valence-electron chi connectivity index (χ1n) is 3.91. The van der Waals surface area contributed by atoms with Gasteiger partial charge in [-0.05, 0) is 0 Å². The van der Waals surface area contributed by atoms with Crippen molar-refractivity contribution in [2.24, 2.45) is 0 Å². The lowest BCUT2D eigenvalue weighted by Crippen LogP contribution is -2.31. The second-order valence-corrected chi connectivity index (χ2v) is 3.91. The third-order valence-corrected chi connectivity index (χ3v) is 2.07. The first-order chi connectivity index (χ1) is 7.26. The van der Waals surface area contributed by atoms with Crippen molar-refractivity contribution in [2.45, 2.75) is 12.2 Å². The van der Waals surface area contributed by atoms with Crippen LogP contribution in [0.15, 0.2) is 11.5 Å². The van der Waals surface area contributed by atoms with Gasteiger partial charge in [-0.2, -0.15) is 0 Å². The van der Waals surface area contributed by atoms with Gasteiger partial charge in [0.15, 0.2) is 11.9 Å². The number of aliphatic hydroxyl groups is 3. The molecule has 1 aliphatic heterocycles. The summed E-state index contributed by atoms with van der Waals surface area (Å²) in [5.74, 6) is -3.67. The van der Waals surface area contributed by atoms with Gasteiger partial charge in [0.25, 0.3) is 5.76 Å². The molecule has 1 heterocycles. The minimum Gasteiger partial charge on any atom is -0.780 e. The van der Waals surface area contributed by atoms with Crippen molar-refractivity contribution in [3.63, 3.8) is 0 Å². The average Bonchev–Trinajstić information content (AvgIpc) is 2.42. The molecule has 0 saturated heterocycles. The Kier molecular flexibility index (Phi) is 3.56. The van der Waals surface area contributed by atoms with Crippen molar-refractivity contribution >= 4 is 13.8 Å². The highest BCUT2D eigenvalue weighted by Gasteiger charge is 2.40. The third kappa shape index (κ3) is 2.71. The summed E-state index contributed by atoms with van der Waals surface area (Å²) in [5, 5.41) is 26.8. The van der Waals surface area contributed by atoms with Crippen LogP contribution in [0.25, 0.3) is 0 Å². The Morgan fingerprint density at radius 2 is 2.12 bits per heavy atom. The zero-order chi connectivity index (χ0) is 12.5. The van der Waals surface area contributed by atoms with Gasteiger partial charge in [-0.25, -0.2) is 4.79 Å². The van der Waals surface area contributed by atoms with Crippen LogP contribution in [-0.2, 0) is 18.6 Å². The van der Waals surface area contributed by atoms with E-state index in [0.717, 1.165) is 0 Å². The molecule has 16 heavy (non-hydrogen) atoms. The maximum Gasteiger partial charge on any atom is 0.378 e. The second kappa shape index (κ2) is 4.40. The first kappa shape index (κ1) is 12.9. The van der Waals surface area contributed by atoms with Crippen molar-refractivity contribution in [2.75, 3.05) is 6.61 Å². The predicted octanol–water partition coefficient (Wildman–Crippen LogP) is -3.12. The standard InChI is InChI=1S/C6H9O9P/c7-1-2(8)4-3(9)5(6(10)14-4)15-16(11,12)13/h2,4,7-9H,1H2,(H2,11,12,13)/p-2/t2-,4+/m0/s1. The number of carbonyl (C=O) groups is 1. The van der Waals surface area contributed by atoms with Crippen molar-refractivity contribution in [1.82, 2.24) is 0 Å². The smallest absolute Gasteiger partial charge is 0.378 e. The third-order valence-electron chi connectivity index (χ3n) is 1.66. The molecule has 0 fully saturated rings. The summed E-state index contributed by atoms with van der Waals surface area (Å²) in [5.41, 5.74) is 0. The molecule has 0 radical (unpaired) electrons. The van der Waals surface area contributed by atoms with Crippen molar-refractivity contribution in [3.8, 4) is 0 Å². The Morgan fingerprint density at radius 3 is 2.56 bits per heavy atom. The van der Waals surface area contributed by atoms with Gasteiger partial charge in [0.05, 0.1) is 6.61 Å². The molecular weight excluding hydrogens is 247 g/mol. The van der Waals surface area contributed by atoms with Crippen LogP contribution < -0.4 is 9.79 Å². The fourth-order valence-electron chi connectivity index (χ4n) is 1.01. The fourth-order valence-corrected chi connectivity index (χ4v) is 1.40. The van der Waals surface area contributed by atoms with E-state index in [1.54, 1.807) is 0 Å². The lowest BCUT2D eigenvalue weighted by atomic mass is 10.2. The van der Waals surface area contributed by atoms with Crippen molar-refractivity contribution in [3.05, 3.63) is 11.5 Å². The van der Waals surface area contributed by atoms with Crippen molar-refractivity contribution in [1.29, 1.82) is 0 Å². The highest BCUT2D eigenvalue weighted by Crippen LogP contribution is 2.35. The fraction of sp³-hybridized carbons (Fsp3) is 0.500. The lowest BCUT2D eigenvalue weighted by Gasteiger charge is -2.28. The normalized spacial score (nSPS) is 23.2. The summed E-state index contributed by atoms with van der Waals surface area (Å²) in [4.78, 5) is 31.4. The predicted molar refractivity (Wildman–Crippen MR) is 41.3 cm³/mol. The monoisotopic (exact) mass is 254 g/mol. The van der Waals surface area contributed by atoms with Crippen LogP contribution >= 0.6 is 7.82 Å². The summed E-state index contributed by atoms with van der Waals surface area (Å²) in [6.07, 6.45) is -3.30. The molecular formula is C6H7O9P-2. The molecule has 3 N–H and O–H groups in total. The van der Waals surface area contributed by atoms with Crippen LogP contribution in [-0.4, -0.2) is 40.1 Å². The molecule has 9 nitrogen and oxygen atoms in total. The molecule has 92 valence electrons. The number of esters is 1. The Morgan fingerprint density at radius 1 is 1.56 bits per heavy atom. The zero-order valence-corrected chi connectivity index (χ0v) is 8.49. The van der Waals surface area contributed by atoms with Gasteiger partial charge >= 0.3 is 5.97 Å². The maximum atomic E-state index is 10.9. The van der Waals surface area contributed by atoms with E-state index in [9.17, 15) is 24.3 Å². The van der Waals surface area contributed by atoms with Crippen LogP contribution in [0.2, 0.25) is 0 Å². The van der Waals surface area contributed by atoms with E-state index < -0.39 is 44.1 Å². The van der Waals surface area contributed by atoms with E-state index >= 15 is 0 Å². The van der Waals surface area contributed by atoms with Crippen LogP contribution in [0.3, 0.4) is 0 Å². The zero-order valence-electron chi connectivity index (χ0n) is 7.60. The Labute approximate surface area is 88.8 Å². The summed E-state index contributed by atoms with van der Waals surface area (Å²) < 4.78 is 18.2. The molecule has 2 atom stereocenters. The molecule has 0 bridgehead atoms. The molecule has 0 spiro atoms.